The molecule has 0 saturated heterocycles. The molecule has 0 radical (unpaired) electrons. The van der Waals surface area contributed by atoms with Crippen LogP contribution in [0.1, 0.15) is 35.1 Å². The van der Waals surface area contributed by atoms with Crippen LogP contribution in [0, 0.1) is 26.7 Å². The number of rotatable bonds is 6. The van der Waals surface area contributed by atoms with Gasteiger partial charge < -0.3 is 10.6 Å². The largest absolute Gasteiger partial charge is 0.351 e. The molecule has 0 unspecified atom stereocenters. The van der Waals surface area contributed by atoms with Gasteiger partial charge in [0.1, 0.15) is 0 Å². The van der Waals surface area contributed by atoms with Crippen molar-refractivity contribution in [3.8, 4) is 0 Å². The molecule has 2 rings (SSSR count). The van der Waals surface area contributed by atoms with Crippen molar-refractivity contribution in [1.82, 2.24) is 10.6 Å². The van der Waals surface area contributed by atoms with E-state index < -0.39 is 0 Å². The van der Waals surface area contributed by atoms with Crippen LogP contribution in [0.15, 0.2) is 12.1 Å². The van der Waals surface area contributed by atoms with Gasteiger partial charge in [0, 0.05) is 6.54 Å². The Morgan fingerprint density at radius 3 is 2.42 bits per heavy atom. The summed E-state index contributed by atoms with van der Waals surface area (Å²) >= 11 is 0. The Bertz CT molecular complexity index is 441. The third-order valence-electron chi connectivity index (χ3n) is 3.72. The fourth-order valence-corrected chi connectivity index (χ4v) is 2.45. The van der Waals surface area contributed by atoms with Gasteiger partial charge in [-0.3, -0.25) is 4.79 Å². The van der Waals surface area contributed by atoms with E-state index in [9.17, 15) is 4.79 Å². The van der Waals surface area contributed by atoms with Gasteiger partial charge in [-0.2, -0.15) is 0 Å². The van der Waals surface area contributed by atoms with Gasteiger partial charge in [-0.15, -0.1) is 0 Å². The molecule has 1 fully saturated rings. The van der Waals surface area contributed by atoms with E-state index in [0.29, 0.717) is 13.1 Å². The zero-order valence-electron chi connectivity index (χ0n) is 12.2. The predicted molar refractivity (Wildman–Crippen MR) is 78.1 cm³/mol. The first-order chi connectivity index (χ1) is 9.06. The number of hydrogen-bond donors (Lipinski definition) is 2. The Labute approximate surface area is 115 Å². The Hall–Kier alpha value is -1.35. The van der Waals surface area contributed by atoms with Gasteiger partial charge >= 0.3 is 0 Å². The van der Waals surface area contributed by atoms with E-state index in [4.69, 9.17) is 0 Å². The molecule has 0 heterocycles. The third kappa shape index (κ3) is 4.35. The molecule has 1 amide bonds. The normalized spacial score (nSPS) is 14.5. The van der Waals surface area contributed by atoms with Crippen LogP contribution < -0.4 is 10.6 Å². The summed E-state index contributed by atoms with van der Waals surface area (Å²) in [4.78, 5) is 11.7. The fraction of sp³-hybridized carbons (Fsp3) is 0.562. The molecular weight excluding hydrogens is 236 g/mol. The molecule has 0 spiro atoms. The molecule has 1 aliphatic carbocycles. The Morgan fingerprint density at radius 1 is 1.21 bits per heavy atom. The smallest absolute Gasteiger partial charge is 0.234 e. The highest BCUT2D eigenvalue weighted by Gasteiger charge is 2.20. The SMILES string of the molecule is Cc1cc(C)c(CNC(=O)CNCC2CC2)c(C)c1. The van der Waals surface area contributed by atoms with Crippen molar-refractivity contribution in [3.05, 3.63) is 34.4 Å². The monoisotopic (exact) mass is 260 g/mol. The lowest BCUT2D eigenvalue weighted by atomic mass is 10.00. The van der Waals surface area contributed by atoms with Crippen LogP contribution in [0.4, 0.5) is 0 Å². The van der Waals surface area contributed by atoms with E-state index in [1.165, 1.54) is 35.1 Å². The second-order valence-electron chi connectivity index (χ2n) is 5.73. The lowest BCUT2D eigenvalue weighted by Crippen LogP contribution is -2.34. The van der Waals surface area contributed by atoms with Crippen LogP contribution in [0.3, 0.4) is 0 Å². The highest BCUT2D eigenvalue weighted by molar-refractivity contribution is 5.78. The molecule has 1 aromatic carbocycles. The molecule has 104 valence electrons. The van der Waals surface area contributed by atoms with Crippen molar-refractivity contribution < 1.29 is 4.79 Å². The Morgan fingerprint density at radius 2 is 1.84 bits per heavy atom. The van der Waals surface area contributed by atoms with Crippen molar-refractivity contribution in [2.24, 2.45) is 5.92 Å². The first-order valence-electron chi connectivity index (χ1n) is 7.10. The van der Waals surface area contributed by atoms with Gasteiger partial charge in [-0.1, -0.05) is 17.7 Å². The fourth-order valence-electron chi connectivity index (χ4n) is 2.45. The second kappa shape index (κ2) is 6.20. The van der Waals surface area contributed by atoms with E-state index in [-0.39, 0.29) is 5.91 Å². The lowest BCUT2D eigenvalue weighted by Gasteiger charge is -2.12. The maximum absolute atomic E-state index is 11.7. The highest BCUT2D eigenvalue weighted by Crippen LogP contribution is 2.27. The van der Waals surface area contributed by atoms with Gasteiger partial charge in [0.05, 0.1) is 6.54 Å². The van der Waals surface area contributed by atoms with Gasteiger partial charge in [-0.05, 0) is 62.8 Å². The molecule has 1 aliphatic rings. The van der Waals surface area contributed by atoms with Crippen LogP contribution in [0.2, 0.25) is 0 Å². The van der Waals surface area contributed by atoms with Crippen LogP contribution in [-0.4, -0.2) is 19.0 Å². The molecule has 0 atom stereocenters. The Balaban J connectivity index is 1.79. The lowest BCUT2D eigenvalue weighted by molar-refractivity contribution is -0.120. The molecule has 3 nitrogen and oxygen atoms in total. The molecule has 1 aromatic rings. The molecule has 1 saturated carbocycles. The zero-order valence-corrected chi connectivity index (χ0v) is 12.2. The number of aryl methyl sites for hydroxylation is 3. The summed E-state index contributed by atoms with van der Waals surface area (Å²) in [6.45, 7) is 8.35. The van der Waals surface area contributed by atoms with Gasteiger partial charge in [0.25, 0.3) is 0 Å². The molecule has 3 heteroatoms. The number of carbonyl (C=O) groups is 1. The van der Waals surface area contributed by atoms with E-state index in [1.807, 2.05) is 0 Å². The molecule has 0 bridgehead atoms. The summed E-state index contributed by atoms with van der Waals surface area (Å²) in [6.07, 6.45) is 2.63. The van der Waals surface area contributed by atoms with Gasteiger partial charge in [0.15, 0.2) is 0 Å². The average Bonchev–Trinajstić information content (AvgIpc) is 3.11. The summed E-state index contributed by atoms with van der Waals surface area (Å²) in [5, 5.41) is 6.20. The first kappa shape index (κ1) is 14.1. The van der Waals surface area contributed by atoms with Crippen LogP contribution in [-0.2, 0) is 11.3 Å². The minimum atomic E-state index is 0.0834. The Kier molecular flexibility index (Phi) is 4.59. The van der Waals surface area contributed by atoms with E-state index in [0.717, 1.165) is 12.5 Å². The molecule has 0 aliphatic heterocycles. The van der Waals surface area contributed by atoms with Crippen molar-refractivity contribution in [2.45, 2.75) is 40.2 Å². The summed E-state index contributed by atoms with van der Waals surface area (Å²) in [5.74, 6) is 0.898. The summed E-state index contributed by atoms with van der Waals surface area (Å²) in [5.41, 5.74) is 5.02. The second-order valence-corrected chi connectivity index (χ2v) is 5.73. The number of hydrogen-bond acceptors (Lipinski definition) is 2. The first-order valence-corrected chi connectivity index (χ1v) is 7.10. The van der Waals surface area contributed by atoms with E-state index in [2.05, 4.69) is 43.5 Å². The maximum atomic E-state index is 11.7. The minimum absolute atomic E-state index is 0.0834. The third-order valence-corrected chi connectivity index (χ3v) is 3.72. The van der Waals surface area contributed by atoms with Gasteiger partial charge in [0.2, 0.25) is 5.91 Å². The van der Waals surface area contributed by atoms with Crippen molar-refractivity contribution in [3.63, 3.8) is 0 Å². The number of amides is 1. The summed E-state index contributed by atoms with van der Waals surface area (Å²) in [6, 6.07) is 4.33. The maximum Gasteiger partial charge on any atom is 0.234 e. The van der Waals surface area contributed by atoms with Crippen LogP contribution >= 0.6 is 0 Å². The molecular formula is C16H24N2O. The summed E-state index contributed by atoms with van der Waals surface area (Å²) in [7, 11) is 0. The number of benzene rings is 1. The average molecular weight is 260 g/mol. The molecule has 0 aromatic heterocycles. The quantitative estimate of drug-likeness (QED) is 0.823. The minimum Gasteiger partial charge on any atom is -0.351 e. The summed E-state index contributed by atoms with van der Waals surface area (Å²) < 4.78 is 0. The number of carbonyl (C=O) groups excluding carboxylic acids is 1. The topological polar surface area (TPSA) is 41.1 Å². The standard InChI is InChI=1S/C16H24N2O/c1-11-6-12(2)15(13(3)7-11)9-18-16(19)10-17-8-14-4-5-14/h6-7,14,17H,4-5,8-10H2,1-3H3,(H,18,19). The molecule has 2 N–H and O–H groups in total. The van der Waals surface area contributed by atoms with E-state index >= 15 is 0 Å². The van der Waals surface area contributed by atoms with E-state index in [1.54, 1.807) is 0 Å². The predicted octanol–water partition coefficient (Wildman–Crippen LogP) is 2.23. The molecule has 19 heavy (non-hydrogen) atoms. The highest BCUT2D eigenvalue weighted by atomic mass is 16.1. The van der Waals surface area contributed by atoms with Gasteiger partial charge in [-0.25, -0.2) is 0 Å². The van der Waals surface area contributed by atoms with Crippen molar-refractivity contribution in [2.75, 3.05) is 13.1 Å². The van der Waals surface area contributed by atoms with Crippen LogP contribution in [0.25, 0.3) is 0 Å². The van der Waals surface area contributed by atoms with Crippen molar-refractivity contribution >= 4 is 5.91 Å². The zero-order chi connectivity index (χ0) is 13.8. The number of nitrogens with one attached hydrogen (secondary N) is 2. The van der Waals surface area contributed by atoms with Crippen LogP contribution in [0.5, 0.6) is 0 Å². The van der Waals surface area contributed by atoms with Crippen molar-refractivity contribution in [1.29, 1.82) is 0 Å².